The lowest BCUT2D eigenvalue weighted by Crippen LogP contribution is -2.17. The van der Waals surface area contributed by atoms with Crippen molar-refractivity contribution in [2.75, 3.05) is 13.1 Å². The van der Waals surface area contributed by atoms with Crippen LogP contribution >= 0.6 is 0 Å². The van der Waals surface area contributed by atoms with Gasteiger partial charge in [-0.25, -0.2) is 0 Å². The smallest absolute Gasteiger partial charge is 0.0650 e. The highest BCUT2D eigenvalue weighted by atomic mass is 15.1. The Balaban J connectivity index is 1.90. The zero-order valence-corrected chi connectivity index (χ0v) is 9.82. The number of aromatic nitrogens is 2. The van der Waals surface area contributed by atoms with Crippen molar-refractivity contribution in [3.63, 3.8) is 0 Å². The zero-order valence-electron chi connectivity index (χ0n) is 9.82. The van der Waals surface area contributed by atoms with Gasteiger partial charge in [0, 0.05) is 12.7 Å². The van der Waals surface area contributed by atoms with E-state index in [0.717, 1.165) is 37.3 Å². The molecule has 1 aromatic heterocycles. The Labute approximate surface area is 101 Å². The first kappa shape index (κ1) is 11.8. The van der Waals surface area contributed by atoms with Gasteiger partial charge in [0.05, 0.1) is 5.69 Å². The Kier molecular flexibility index (Phi) is 4.30. The van der Waals surface area contributed by atoms with Crippen LogP contribution in [0.1, 0.15) is 12.0 Å². The highest BCUT2D eigenvalue weighted by Gasteiger charge is 1.98. The number of nitrogens with one attached hydrogen (secondary N) is 2. The van der Waals surface area contributed by atoms with Gasteiger partial charge in [0.25, 0.3) is 0 Å². The maximum absolute atomic E-state index is 5.43. The van der Waals surface area contributed by atoms with E-state index in [4.69, 9.17) is 5.73 Å². The first-order valence-corrected chi connectivity index (χ1v) is 5.89. The number of benzene rings is 1. The van der Waals surface area contributed by atoms with Gasteiger partial charge in [-0.1, -0.05) is 24.3 Å². The minimum atomic E-state index is 0.742. The lowest BCUT2D eigenvalue weighted by molar-refractivity contribution is 0.655. The molecule has 1 heterocycles. The molecular formula is C13H18N4. The molecule has 0 atom stereocenters. The second kappa shape index (κ2) is 6.18. The summed E-state index contributed by atoms with van der Waals surface area (Å²) in [4.78, 5) is 0. The van der Waals surface area contributed by atoms with Crippen molar-refractivity contribution in [3.8, 4) is 11.3 Å². The van der Waals surface area contributed by atoms with Gasteiger partial charge in [0.1, 0.15) is 0 Å². The van der Waals surface area contributed by atoms with Crippen molar-refractivity contribution in [2.45, 2.75) is 13.0 Å². The van der Waals surface area contributed by atoms with Crippen LogP contribution in [0.4, 0.5) is 0 Å². The Morgan fingerprint density at radius 2 is 2.00 bits per heavy atom. The fourth-order valence-corrected chi connectivity index (χ4v) is 1.68. The van der Waals surface area contributed by atoms with Gasteiger partial charge in [-0.3, -0.25) is 5.10 Å². The number of nitrogens with two attached hydrogens (primary N) is 1. The summed E-state index contributed by atoms with van der Waals surface area (Å²) in [5, 5.41) is 10.3. The largest absolute Gasteiger partial charge is 0.330 e. The minimum absolute atomic E-state index is 0.742. The third kappa shape index (κ3) is 3.41. The molecule has 2 aromatic rings. The van der Waals surface area contributed by atoms with E-state index in [2.05, 4.69) is 39.8 Å². The quantitative estimate of drug-likeness (QED) is 0.659. The number of aromatic amines is 1. The Morgan fingerprint density at radius 1 is 1.18 bits per heavy atom. The Hall–Kier alpha value is -1.65. The van der Waals surface area contributed by atoms with E-state index in [1.165, 1.54) is 5.56 Å². The van der Waals surface area contributed by atoms with E-state index >= 15 is 0 Å². The van der Waals surface area contributed by atoms with Crippen molar-refractivity contribution in [2.24, 2.45) is 5.73 Å². The SMILES string of the molecule is NCCCNCc1ccc(-c2ccn[nH]2)cc1. The van der Waals surface area contributed by atoms with Crippen LogP contribution in [0, 0.1) is 0 Å². The minimum Gasteiger partial charge on any atom is -0.330 e. The number of nitrogens with zero attached hydrogens (tertiary/aromatic N) is 1. The van der Waals surface area contributed by atoms with E-state index in [1.54, 1.807) is 6.20 Å². The predicted molar refractivity (Wildman–Crippen MR) is 69.4 cm³/mol. The molecule has 90 valence electrons. The van der Waals surface area contributed by atoms with E-state index < -0.39 is 0 Å². The molecule has 1 aromatic carbocycles. The molecule has 4 N–H and O–H groups in total. The molecule has 4 heteroatoms. The molecule has 0 aliphatic rings. The fourth-order valence-electron chi connectivity index (χ4n) is 1.68. The summed E-state index contributed by atoms with van der Waals surface area (Å²) >= 11 is 0. The third-order valence-corrected chi connectivity index (χ3v) is 2.65. The van der Waals surface area contributed by atoms with Crippen molar-refractivity contribution in [3.05, 3.63) is 42.1 Å². The highest BCUT2D eigenvalue weighted by molar-refractivity contribution is 5.58. The van der Waals surface area contributed by atoms with E-state index in [0.29, 0.717) is 0 Å². The van der Waals surface area contributed by atoms with Crippen molar-refractivity contribution in [1.82, 2.24) is 15.5 Å². The summed E-state index contributed by atoms with van der Waals surface area (Å²) in [6.07, 6.45) is 2.78. The monoisotopic (exact) mass is 230 g/mol. The zero-order chi connectivity index (χ0) is 11.9. The topological polar surface area (TPSA) is 66.7 Å². The molecular weight excluding hydrogens is 212 g/mol. The van der Waals surface area contributed by atoms with E-state index in [9.17, 15) is 0 Å². The highest BCUT2D eigenvalue weighted by Crippen LogP contribution is 2.16. The molecule has 0 unspecified atom stereocenters. The van der Waals surface area contributed by atoms with Crippen LogP contribution in [0.2, 0.25) is 0 Å². The first-order chi connectivity index (χ1) is 8.40. The van der Waals surface area contributed by atoms with Crippen LogP contribution in [-0.4, -0.2) is 23.3 Å². The van der Waals surface area contributed by atoms with Crippen molar-refractivity contribution < 1.29 is 0 Å². The molecule has 4 nitrogen and oxygen atoms in total. The number of hydrogen-bond donors (Lipinski definition) is 3. The van der Waals surface area contributed by atoms with E-state index in [-0.39, 0.29) is 0 Å². The lowest BCUT2D eigenvalue weighted by atomic mass is 10.1. The maximum atomic E-state index is 5.43. The molecule has 0 spiro atoms. The van der Waals surface area contributed by atoms with Crippen molar-refractivity contribution >= 4 is 0 Å². The molecule has 0 aliphatic heterocycles. The van der Waals surface area contributed by atoms with Crippen LogP contribution in [0.5, 0.6) is 0 Å². The van der Waals surface area contributed by atoms with Crippen LogP contribution in [0.15, 0.2) is 36.5 Å². The fraction of sp³-hybridized carbons (Fsp3) is 0.308. The van der Waals surface area contributed by atoms with Gasteiger partial charge in [0.2, 0.25) is 0 Å². The average Bonchev–Trinajstić information content (AvgIpc) is 2.89. The Morgan fingerprint density at radius 3 is 2.65 bits per heavy atom. The summed E-state index contributed by atoms with van der Waals surface area (Å²) in [5.74, 6) is 0. The second-order valence-corrected chi connectivity index (χ2v) is 3.99. The van der Waals surface area contributed by atoms with Gasteiger partial charge in [-0.2, -0.15) is 5.10 Å². The van der Waals surface area contributed by atoms with Crippen LogP contribution in [0.25, 0.3) is 11.3 Å². The Bertz CT molecular complexity index is 419. The molecule has 0 saturated carbocycles. The van der Waals surface area contributed by atoms with Gasteiger partial charge >= 0.3 is 0 Å². The van der Waals surface area contributed by atoms with E-state index in [1.807, 2.05) is 6.07 Å². The molecule has 0 saturated heterocycles. The van der Waals surface area contributed by atoms with Gasteiger partial charge in [-0.05, 0) is 36.7 Å². The molecule has 17 heavy (non-hydrogen) atoms. The molecule has 0 bridgehead atoms. The summed E-state index contributed by atoms with van der Waals surface area (Å²) in [6.45, 7) is 2.60. The molecule has 2 rings (SSSR count). The molecule has 0 aliphatic carbocycles. The third-order valence-electron chi connectivity index (χ3n) is 2.65. The normalized spacial score (nSPS) is 10.6. The second-order valence-electron chi connectivity index (χ2n) is 3.99. The number of hydrogen-bond acceptors (Lipinski definition) is 3. The average molecular weight is 230 g/mol. The maximum Gasteiger partial charge on any atom is 0.0650 e. The lowest BCUT2D eigenvalue weighted by Gasteiger charge is -2.05. The van der Waals surface area contributed by atoms with Crippen molar-refractivity contribution in [1.29, 1.82) is 0 Å². The van der Waals surface area contributed by atoms with Gasteiger partial charge in [-0.15, -0.1) is 0 Å². The summed E-state index contributed by atoms with van der Waals surface area (Å²) in [5.41, 5.74) is 8.92. The summed E-state index contributed by atoms with van der Waals surface area (Å²) in [7, 11) is 0. The number of rotatable bonds is 6. The first-order valence-electron chi connectivity index (χ1n) is 5.89. The molecule has 0 fully saturated rings. The predicted octanol–water partition coefficient (Wildman–Crippen LogP) is 1.52. The molecule has 0 amide bonds. The van der Waals surface area contributed by atoms with Crippen LogP contribution in [-0.2, 0) is 6.54 Å². The van der Waals surface area contributed by atoms with Gasteiger partial charge in [0.15, 0.2) is 0 Å². The van der Waals surface area contributed by atoms with Crippen LogP contribution < -0.4 is 11.1 Å². The van der Waals surface area contributed by atoms with Crippen LogP contribution in [0.3, 0.4) is 0 Å². The standard InChI is InChI=1S/C13H18N4/c14-7-1-8-15-10-11-2-4-12(5-3-11)13-6-9-16-17-13/h2-6,9,15H,1,7-8,10,14H2,(H,16,17). The van der Waals surface area contributed by atoms with Gasteiger partial charge < -0.3 is 11.1 Å². The summed E-state index contributed by atoms with van der Waals surface area (Å²) in [6, 6.07) is 10.4. The summed E-state index contributed by atoms with van der Waals surface area (Å²) < 4.78 is 0. The number of H-pyrrole nitrogens is 1. The molecule has 0 radical (unpaired) electrons.